The summed E-state index contributed by atoms with van der Waals surface area (Å²) in [7, 11) is 0. The van der Waals surface area contributed by atoms with Crippen molar-refractivity contribution in [2.45, 2.75) is 13.3 Å². The van der Waals surface area contributed by atoms with Gasteiger partial charge in [0.1, 0.15) is 0 Å². The zero-order valence-electron chi connectivity index (χ0n) is 10.9. The van der Waals surface area contributed by atoms with Crippen LogP contribution in [0.3, 0.4) is 0 Å². The second-order valence-corrected chi connectivity index (χ2v) is 5.05. The Bertz CT molecular complexity index is 631. The molecule has 0 aliphatic rings. The van der Waals surface area contributed by atoms with Gasteiger partial charge in [-0.05, 0) is 48.5 Å². The molecule has 2 nitrogen and oxygen atoms in total. The lowest BCUT2D eigenvalue weighted by Gasteiger charge is -2.12. The van der Waals surface area contributed by atoms with Gasteiger partial charge in [0.05, 0.1) is 10.7 Å². The molecule has 0 radical (unpaired) electrons. The normalized spacial score (nSPS) is 10.2. The minimum Gasteiger partial charge on any atom is -0.332 e. The fraction of sp³-hybridized carbons (Fsp3) is 0.133. The Morgan fingerprint density at radius 3 is 2.70 bits per heavy atom. The maximum absolute atomic E-state index is 13.7. The highest BCUT2D eigenvalue weighted by Crippen LogP contribution is 2.22. The van der Waals surface area contributed by atoms with Gasteiger partial charge in [0, 0.05) is 5.69 Å². The summed E-state index contributed by atoms with van der Waals surface area (Å²) in [6.45, 7) is 2.08. The molecule has 0 unspecified atom stereocenters. The predicted molar refractivity (Wildman–Crippen MR) is 87.1 cm³/mol. The van der Waals surface area contributed by atoms with Gasteiger partial charge in [-0.15, -0.1) is 0 Å². The zero-order valence-corrected chi connectivity index (χ0v) is 12.5. The Labute approximate surface area is 128 Å². The number of anilines is 2. The summed E-state index contributed by atoms with van der Waals surface area (Å²) in [6.07, 6.45) is 0.943. The molecule has 5 heteroatoms. The molecule has 0 amide bonds. The number of halogens is 2. The van der Waals surface area contributed by atoms with Gasteiger partial charge < -0.3 is 10.6 Å². The van der Waals surface area contributed by atoms with Gasteiger partial charge in [0.15, 0.2) is 10.9 Å². The van der Waals surface area contributed by atoms with Crippen LogP contribution in [0.1, 0.15) is 12.5 Å². The van der Waals surface area contributed by atoms with E-state index in [0.29, 0.717) is 5.11 Å². The third-order valence-corrected chi connectivity index (χ3v) is 3.29. The van der Waals surface area contributed by atoms with Crippen LogP contribution in [-0.4, -0.2) is 5.11 Å². The third kappa shape index (κ3) is 3.68. The predicted octanol–water partition coefficient (Wildman–Crippen LogP) is 4.85. The number of hydrogen-bond donors (Lipinski definition) is 2. The fourth-order valence-corrected chi connectivity index (χ4v) is 2.16. The van der Waals surface area contributed by atoms with Crippen LogP contribution in [0.4, 0.5) is 15.8 Å². The van der Waals surface area contributed by atoms with Crippen molar-refractivity contribution in [2.24, 2.45) is 0 Å². The molecule has 0 aliphatic heterocycles. The van der Waals surface area contributed by atoms with E-state index in [9.17, 15) is 4.39 Å². The summed E-state index contributed by atoms with van der Waals surface area (Å²) in [5.74, 6) is -0.513. The molecule has 0 atom stereocenters. The number of benzene rings is 2. The van der Waals surface area contributed by atoms with Gasteiger partial charge in [-0.2, -0.15) is 0 Å². The molecule has 20 heavy (non-hydrogen) atoms. The zero-order chi connectivity index (χ0) is 14.5. The number of aryl methyl sites for hydroxylation is 1. The van der Waals surface area contributed by atoms with E-state index in [2.05, 4.69) is 17.6 Å². The molecule has 0 fully saturated rings. The molecule has 0 aromatic heterocycles. The smallest absolute Gasteiger partial charge is 0.175 e. The monoisotopic (exact) mass is 308 g/mol. The lowest BCUT2D eigenvalue weighted by molar-refractivity contribution is 0.632. The van der Waals surface area contributed by atoms with Crippen LogP contribution < -0.4 is 10.6 Å². The summed E-state index contributed by atoms with van der Waals surface area (Å²) in [6, 6.07) is 12.6. The number of hydrogen-bond acceptors (Lipinski definition) is 1. The Morgan fingerprint density at radius 2 is 1.95 bits per heavy atom. The second-order valence-electron chi connectivity index (χ2n) is 4.23. The molecule has 0 saturated carbocycles. The minimum atomic E-state index is -0.513. The minimum absolute atomic E-state index is 0.0609. The molecule has 2 rings (SSSR count). The van der Waals surface area contributed by atoms with Crippen molar-refractivity contribution in [1.29, 1.82) is 0 Å². The molecule has 0 heterocycles. The standard InChI is InChI=1S/C15H14ClFN2S/c1-2-10-5-3-6-11(9-10)18-15(20)19-13-8-4-7-12(16)14(13)17/h3-9H,2H2,1H3,(H2,18,19,20). The van der Waals surface area contributed by atoms with E-state index in [1.165, 1.54) is 11.6 Å². The Balaban J connectivity index is 2.07. The summed E-state index contributed by atoms with van der Waals surface area (Å²) in [5, 5.41) is 6.20. The van der Waals surface area contributed by atoms with Crippen molar-refractivity contribution in [2.75, 3.05) is 10.6 Å². The van der Waals surface area contributed by atoms with Gasteiger partial charge in [-0.3, -0.25) is 0 Å². The van der Waals surface area contributed by atoms with Gasteiger partial charge in [0.25, 0.3) is 0 Å². The molecular weight excluding hydrogens is 295 g/mol. The fourth-order valence-electron chi connectivity index (χ4n) is 1.75. The van der Waals surface area contributed by atoms with E-state index in [1.807, 2.05) is 24.3 Å². The first-order chi connectivity index (χ1) is 9.60. The SMILES string of the molecule is CCc1cccc(NC(=S)Nc2cccc(Cl)c2F)c1. The van der Waals surface area contributed by atoms with Crippen molar-refractivity contribution < 1.29 is 4.39 Å². The number of nitrogens with one attached hydrogen (secondary N) is 2. The first kappa shape index (κ1) is 14.8. The summed E-state index contributed by atoms with van der Waals surface area (Å²) in [4.78, 5) is 0. The summed E-state index contributed by atoms with van der Waals surface area (Å²) in [5.41, 5.74) is 2.32. The first-order valence-corrected chi connectivity index (χ1v) is 6.99. The summed E-state index contributed by atoms with van der Waals surface area (Å²) >= 11 is 10.9. The van der Waals surface area contributed by atoms with Crippen LogP contribution in [0.25, 0.3) is 0 Å². The molecule has 2 aromatic carbocycles. The Morgan fingerprint density at radius 1 is 1.20 bits per heavy atom. The van der Waals surface area contributed by atoms with Crippen molar-refractivity contribution >= 4 is 40.3 Å². The van der Waals surface area contributed by atoms with E-state index < -0.39 is 5.82 Å². The van der Waals surface area contributed by atoms with E-state index in [-0.39, 0.29) is 10.7 Å². The Hall–Kier alpha value is -1.65. The van der Waals surface area contributed by atoms with E-state index in [1.54, 1.807) is 12.1 Å². The molecule has 2 N–H and O–H groups in total. The largest absolute Gasteiger partial charge is 0.332 e. The molecular formula is C15H14ClFN2S. The molecule has 0 saturated heterocycles. The molecule has 0 spiro atoms. The number of rotatable bonds is 3. The van der Waals surface area contributed by atoms with E-state index in [4.69, 9.17) is 23.8 Å². The van der Waals surface area contributed by atoms with E-state index in [0.717, 1.165) is 12.1 Å². The van der Waals surface area contributed by atoms with Crippen molar-refractivity contribution in [3.63, 3.8) is 0 Å². The lowest BCUT2D eigenvalue weighted by Crippen LogP contribution is -2.19. The Kier molecular flexibility index (Phi) is 4.93. The van der Waals surface area contributed by atoms with Crippen LogP contribution in [-0.2, 0) is 6.42 Å². The van der Waals surface area contributed by atoms with Crippen LogP contribution in [0, 0.1) is 5.82 Å². The van der Waals surface area contributed by atoms with Gasteiger partial charge in [-0.1, -0.05) is 36.7 Å². The maximum atomic E-state index is 13.7. The van der Waals surface area contributed by atoms with Crippen LogP contribution in [0.2, 0.25) is 5.02 Å². The van der Waals surface area contributed by atoms with Crippen molar-refractivity contribution in [1.82, 2.24) is 0 Å². The van der Waals surface area contributed by atoms with Crippen LogP contribution in [0.15, 0.2) is 42.5 Å². The van der Waals surface area contributed by atoms with Crippen molar-refractivity contribution in [3.05, 3.63) is 58.9 Å². The van der Waals surface area contributed by atoms with E-state index >= 15 is 0 Å². The average molecular weight is 309 g/mol. The highest BCUT2D eigenvalue weighted by molar-refractivity contribution is 7.80. The van der Waals surface area contributed by atoms with Gasteiger partial charge in [0.2, 0.25) is 0 Å². The first-order valence-electron chi connectivity index (χ1n) is 6.21. The molecule has 2 aromatic rings. The summed E-state index contributed by atoms with van der Waals surface area (Å²) < 4.78 is 13.7. The number of thiocarbonyl (C=S) groups is 1. The van der Waals surface area contributed by atoms with Gasteiger partial charge in [-0.25, -0.2) is 4.39 Å². The highest BCUT2D eigenvalue weighted by atomic mass is 35.5. The van der Waals surface area contributed by atoms with Crippen LogP contribution >= 0.6 is 23.8 Å². The molecule has 104 valence electrons. The van der Waals surface area contributed by atoms with Gasteiger partial charge >= 0.3 is 0 Å². The molecule has 0 bridgehead atoms. The third-order valence-electron chi connectivity index (χ3n) is 2.79. The van der Waals surface area contributed by atoms with Crippen LogP contribution in [0.5, 0.6) is 0 Å². The lowest BCUT2D eigenvalue weighted by atomic mass is 10.1. The maximum Gasteiger partial charge on any atom is 0.175 e. The second kappa shape index (κ2) is 6.68. The topological polar surface area (TPSA) is 24.1 Å². The molecule has 0 aliphatic carbocycles. The highest BCUT2D eigenvalue weighted by Gasteiger charge is 2.07. The quantitative estimate of drug-likeness (QED) is 0.793. The van der Waals surface area contributed by atoms with Crippen molar-refractivity contribution in [3.8, 4) is 0 Å². The average Bonchev–Trinajstić information content (AvgIpc) is 2.44.